The van der Waals surface area contributed by atoms with Crippen LogP contribution in [0.25, 0.3) is 0 Å². The van der Waals surface area contributed by atoms with E-state index >= 15 is 0 Å². The van der Waals surface area contributed by atoms with E-state index in [1.807, 2.05) is 12.1 Å². The third-order valence-corrected chi connectivity index (χ3v) is 4.91. The molecule has 0 saturated carbocycles. The van der Waals surface area contributed by atoms with Crippen LogP contribution in [0.5, 0.6) is 5.75 Å². The molecule has 2 aliphatic heterocycles. The van der Waals surface area contributed by atoms with Crippen LogP contribution >= 0.6 is 0 Å². The largest absolute Gasteiger partial charge is 0.497 e. The summed E-state index contributed by atoms with van der Waals surface area (Å²) in [7, 11) is 1.71. The molecule has 2 aliphatic rings. The Morgan fingerprint density at radius 1 is 1.23 bits per heavy atom. The lowest BCUT2D eigenvalue weighted by atomic mass is 9.96. The highest BCUT2D eigenvalue weighted by Gasteiger charge is 2.34. The van der Waals surface area contributed by atoms with E-state index in [0.29, 0.717) is 0 Å². The highest BCUT2D eigenvalue weighted by Crippen LogP contribution is 2.30. The Balaban J connectivity index is 1.64. The van der Waals surface area contributed by atoms with Crippen molar-refractivity contribution < 1.29 is 9.47 Å². The predicted octanol–water partition coefficient (Wildman–Crippen LogP) is 2.63. The molecule has 0 radical (unpaired) electrons. The van der Waals surface area contributed by atoms with Gasteiger partial charge in [0.1, 0.15) is 5.75 Å². The quantitative estimate of drug-likeness (QED) is 0.854. The molecule has 1 atom stereocenters. The van der Waals surface area contributed by atoms with Gasteiger partial charge in [-0.2, -0.15) is 0 Å². The van der Waals surface area contributed by atoms with Crippen molar-refractivity contribution in [3.8, 4) is 5.75 Å². The summed E-state index contributed by atoms with van der Waals surface area (Å²) in [6, 6.07) is 8.43. The molecule has 4 heteroatoms. The summed E-state index contributed by atoms with van der Waals surface area (Å²) in [5.74, 6) is 1.64. The maximum Gasteiger partial charge on any atom is 0.119 e. The van der Waals surface area contributed by atoms with Gasteiger partial charge >= 0.3 is 0 Å². The fraction of sp³-hybridized carbons (Fsp3) is 0.667. The van der Waals surface area contributed by atoms with Gasteiger partial charge in [-0.1, -0.05) is 0 Å². The maximum atomic E-state index is 5.51. The monoisotopic (exact) mass is 304 g/mol. The number of hydrogen-bond acceptors (Lipinski definition) is 4. The van der Waals surface area contributed by atoms with Crippen LogP contribution < -0.4 is 9.64 Å². The van der Waals surface area contributed by atoms with E-state index in [-0.39, 0.29) is 5.54 Å². The van der Waals surface area contributed by atoms with E-state index in [9.17, 15) is 0 Å². The Morgan fingerprint density at radius 3 is 2.59 bits per heavy atom. The van der Waals surface area contributed by atoms with E-state index in [4.69, 9.17) is 9.47 Å². The smallest absolute Gasteiger partial charge is 0.119 e. The average molecular weight is 304 g/mol. The van der Waals surface area contributed by atoms with Gasteiger partial charge in [-0.05, 0) is 50.5 Å². The molecule has 22 heavy (non-hydrogen) atoms. The van der Waals surface area contributed by atoms with Crippen molar-refractivity contribution in [2.75, 3.05) is 51.4 Å². The number of piperazine rings is 1. The fourth-order valence-corrected chi connectivity index (χ4v) is 3.74. The summed E-state index contributed by atoms with van der Waals surface area (Å²) >= 11 is 0. The molecule has 0 amide bonds. The third-order valence-electron chi connectivity index (χ3n) is 4.91. The Labute approximate surface area is 134 Å². The average Bonchev–Trinajstić information content (AvgIpc) is 3.00. The molecule has 0 unspecified atom stereocenters. The molecule has 0 aliphatic carbocycles. The normalized spacial score (nSPS) is 25.4. The first kappa shape index (κ1) is 15.6. The molecule has 0 N–H and O–H groups in total. The van der Waals surface area contributed by atoms with Gasteiger partial charge in [0, 0.05) is 44.0 Å². The van der Waals surface area contributed by atoms with Crippen LogP contribution in [-0.2, 0) is 4.74 Å². The van der Waals surface area contributed by atoms with E-state index < -0.39 is 0 Å². The van der Waals surface area contributed by atoms with E-state index in [1.54, 1.807) is 7.11 Å². The van der Waals surface area contributed by atoms with Gasteiger partial charge < -0.3 is 14.4 Å². The number of nitrogens with zero attached hydrogens (tertiary/aromatic N) is 2. The second kappa shape index (κ2) is 6.47. The van der Waals surface area contributed by atoms with Gasteiger partial charge in [-0.15, -0.1) is 0 Å². The number of ether oxygens (including phenoxy) is 2. The van der Waals surface area contributed by atoms with Crippen molar-refractivity contribution in [2.45, 2.75) is 25.8 Å². The van der Waals surface area contributed by atoms with Gasteiger partial charge in [0.25, 0.3) is 0 Å². The van der Waals surface area contributed by atoms with E-state index in [0.717, 1.165) is 44.5 Å². The highest BCUT2D eigenvalue weighted by molar-refractivity contribution is 5.51. The second-order valence-corrected chi connectivity index (χ2v) is 7.13. The SMILES string of the molecule is COc1ccc(N2CCN(C[C@H]3CCOC3)CC2(C)C)cc1. The van der Waals surface area contributed by atoms with Crippen LogP contribution in [0.1, 0.15) is 20.3 Å². The topological polar surface area (TPSA) is 24.9 Å². The summed E-state index contributed by atoms with van der Waals surface area (Å²) in [4.78, 5) is 5.13. The number of benzene rings is 1. The number of rotatable bonds is 4. The number of hydrogen-bond donors (Lipinski definition) is 0. The summed E-state index contributed by atoms with van der Waals surface area (Å²) in [5, 5.41) is 0. The molecule has 1 aromatic carbocycles. The first-order valence-corrected chi connectivity index (χ1v) is 8.30. The van der Waals surface area contributed by atoms with Crippen LogP contribution in [0, 0.1) is 5.92 Å². The minimum absolute atomic E-state index is 0.145. The van der Waals surface area contributed by atoms with Crippen molar-refractivity contribution in [1.82, 2.24) is 4.90 Å². The van der Waals surface area contributed by atoms with Crippen molar-refractivity contribution in [3.05, 3.63) is 24.3 Å². The van der Waals surface area contributed by atoms with Crippen molar-refractivity contribution in [1.29, 1.82) is 0 Å². The summed E-state index contributed by atoms with van der Waals surface area (Å²) in [6.07, 6.45) is 1.22. The summed E-state index contributed by atoms with van der Waals surface area (Å²) < 4.78 is 10.8. The molecule has 122 valence electrons. The molecule has 0 spiro atoms. The van der Waals surface area contributed by atoms with Crippen LogP contribution in [-0.4, -0.2) is 56.9 Å². The maximum absolute atomic E-state index is 5.51. The van der Waals surface area contributed by atoms with Crippen LogP contribution in [0.2, 0.25) is 0 Å². The number of anilines is 1. The zero-order valence-electron chi connectivity index (χ0n) is 14.0. The Morgan fingerprint density at radius 2 is 2.00 bits per heavy atom. The molecular weight excluding hydrogens is 276 g/mol. The van der Waals surface area contributed by atoms with Crippen molar-refractivity contribution in [2.24, 2.45) is 5.92 Å². The summed E-state index contributed by atoms with van der Waals surface area (Å²) in [5.41, 5.74) is 1.43. The third kappa shape index (κ3) is 3.39. The first-order chi connectivity index (χ1) is 10.6. The van der Waals surface area contributed by atoms with E-state index in [1.165, 1.54) is 18.7 Å². The number of methoxy groups -OCH3 is 1. The van der Waals surface area contributed by atoms with Crippen LogP contribution in [0.4, 0.5) is 5.69 Å². The lowest BCUT2D eigenvalue weighted by Gasteiger charge is -2.49. The summed E-state index contributed by atoms with van der Waals surface area (Å²) in [6.45, 7) is 11.1. The lowest BCUT2D eigenvalue weighted by Crippen LogP contribution is -2.60. The van der Waals surface area contributed by atoms with Crippen molar-refractivity contribution in [3.63, 3.8) is 0 Å². The highest BCUT2D eigenvalue weighted by atomic mass is 16.5. The molecule has 2 fully saturated rings. The van der Waals surface area contributed by atoms with Gasteiger partial charge in [0.15, 0.2) is 0 Å². The Kier molecular flexibility index (Phi) is 4.59. The standard InChI is InChI=1S/C18H28N2O2/c1-18(2)14-19(12-15-8-11-22-13-15)9-10-20(18)16-4-6-17(21-3)7-5-16/h4-7,15H,8-14H2,1-3H3/t15-/m1/s1. The molecular formula is C18H28N2O2. The Bertz CT molecular complexity index is 480. The Hall–Kier alpha value is -1.26. The minimum Gasteiger partial charge on any atom is -0.497 e. The van der Waals surface area contributed by atoms with Gasteiger partial charge in [-0.25, -0.2) is 0 Å². The van der Waals surface area contributed by atoms with Gasteiger partial charge in [-0.3, -0.25) is 4.90 Å². The predicted molar refractivity (Wildman–Crippen MR) is 89.8 cm³/mol. The van der Waals surface area contributed by atoms with E-state index in [2.05, 4.69) is 35.8 Å². The van der Waals surface area contributed by atoms with Gasteiger partial charge in [0.05, 0.1) is 13.7 Å². The van der Waals surface area contributed by atoms with Crippen molar-refractivity contribution >= 4 is 5.69 Å². The molecule has 0 aromatic heterocycles. The molecule has 2 heterocycles. The molecule has 0 bridgehead atoms. The molecule has 2 saturated heterocycles. The lowest BCUT2D eigenvalue weighted by molar-refractivity contribution is 0.140. The molecule has 3 rings (SSSR count). The molecule has 4 nitrogen and oxygen atoms in total. The van der Waals surface area contributed by atoms with Crippen LogP contribution in [0.15, 0.2) is 24.3 Å². The van der Waals surface area contributed by atoms with Gasteiger partial charge in [0.2, 0.25) is 0 Å². The minimum atomic E-state index is 0.145. The molecule has 1 aromatic rings. The second-order valence-electron chi connectivity index (χ2n) is 7.13. The zero-order chi connectivity index (χ0) is 15.6. The zero-order valence-corrected chi connectivity index (χ0v) is 14.0. The first-order valence-electron chi connectivity index (χ1n) is 8.30. The fourth-order valence-electron chi connectivity index (χ4n) is 3.74. The van der Waals surface area contributed by atoms with Crippen LogP contribution in [0.3, 0.4) is 0 Å².